The van der Waals surface area contributed by atoms with Gasteiger partial charge in [-0.3, -0.25) is 9.48 Å². The van der Waals surface area contributed by atoms with Gasteiger partial charge >= 0.3 is 0 Å². The Bertz CT molecular complexity index is 606. The molecule has 1 aromatic heterocycles. The summed E-state index contributed by atoms with van der Waals surface area (Å²) in [7, 11) is 1.91. The van der Waals surface area contributed by atoms with Crippen molar-refractivity contribution in [2.75, 3.05) is 37.7 Å². The number of nitrogens with zero attached hydrogens (tertiary/aromatic N) is 4. The predicted octanol–water partition coefficient (Wildman–Crippen LogP) is 0.601. The van der Waals surface area contributed by atoms with Gasteiger partial charge in [-0.05, 0) is 6.92 Å². The van der Waals surface area contributed by atoms with Crippen LogP contribution in [-0.4, -0.2) is 65.0 Å². The number of hydrogen-bond donors (Lipinski definition) is 1. The number of aryl methyl sites for hydroxylation is 1. The monoisotopic (exact) mass is 335 g/mol. The van der Waals surface area contributed by atoms with Crippen molar-refractivity contribution in [2.45, 2.75) is 38.8 Å². The van der Waals surface area contributed by atoms with Crippen LogP contribution < -0.4 is 10.6 Å². The molecule has 7 nitrogen and oxygen atoms in total. The van der Waals surface area contributed by atoms with Crippen LogP contribution in [0.4, 0.5) is 5.69 Å². The summed E-state index contributed by atoms with van der Waals surface area (Å²) in [6.07, 6.45) is 4.54. The number of piperazine rings is 1. The molecule has 0 aromatic carbocycles. The first-order valence-corrected chi connectivity index (χ1v) is 8.73. The highest BCUT2D eigenvalue weighted by atomic mass is 16.5. The summed E-state index contributed by atoms with van der Waals surface area (Å²) in [5.41, 5.74) is 6.48. The Morgan fingerprint density at radius 1 is 1.38 bits per heavy atom. The number of amides is 1. The van der Waals surface area contributed by atoms with E-state index in [2.05, 4.69) is 10.00 Å². The minimum absolute atomic E-state index is 0.0631. The van der Waals surface area contributed by atoms with Gasteiger partial charge in [-0.2, -0.15) is 5.10 Å². The number of nitrogens with two attached hydrogens (primary N) is 1. The normalized spacial score (nSPS) is 29.5. The van der Waals surface area contributed by atoms with Gasteiger partial charge in [-0.25, -0.2) is 0 Å². The highest BCUT2D eigenvalue weighted by molar-refractivity contribution is 5.89. The third kappa shape index (κ3) is 2.59. The molecule has 0 bridgehead atoms. The molecule has 3 rings (SSSR count). The number of hydrogen-bond acceptors (Lipinski definition) is 5. The molecule has 0 radical (unpaired) electrons. The molecule has 1 saturated carbocycles. The van der Waals surface area contributed by atoms with Gasteiger partial charge < -0.3 is 20.3 Å². The quantitative estimate of drug-likeness (QED) is 0.872. The molecule has 2 N–H and O–H groups in total. The average Bonchev–Trinajstić information content (AvgIpc) is 3.00. The molecule has 2 heterocycles. The van der Waals surface area contributed by atoms with Gasteiger partial charge in [0.1, 0.15) is 5.54 Å². The van der Waals surface area contributed by atoms with Gasteiger partial charge in [0.05, 0.1) is 18.0 Å². The van der Waals surface area contributed by atoms with Crippen molar-refractivity contribution in [3.63, 3.8) is 0 Å². The number of rotatable bonds is 4. The first-order chi connectivity index (χ1) is 11.3. The zero-order valence-electron chi connectivity index (χ0n) is 15.2. The third-order valence-corrected chi connectivity index (χ3v) is 5.83. The Balaban J connectivity index is 1.61. The molecule has 134 valence electrons. The van der Waals surface area contributed by atoms with Gasteiger partial charge in [0, 0.05) is 57.9 Å². The summed E-state index contributed by atoms with van der Waals surface area (Å²) >= 11 is 0. The van der Waals surface area contributed by atoms with Gasteiger partial charge in [-0.15, -0.1) is 0 Å². The van der Waals surface area contributed by atoms with Crippen LogP contribution in [0.15, 0.2) is 12.4 Å². The summed E-state index contributed by atoms with van der Waals surface area (Å²) in [6.45, 7) is 9.73. The maximum Gasteiger partial charge on any atom is 0.243 e. The molecule has 2 unspecified atom stereocenters. The van der Waals surface area contributed by atoms with Gasteiger partial charge in [0.25, 0.3) is 0 Å². The average molecular weight is 335 g/mol. The highest BCUT2D eigenvalue weighted by Crippen LogP contribution is 2.50. The van der Waals surface area contributed by atoms with E-state index in [1.54, 1.807) is 4.68 Å². The second kappa shape index (κ2) is 6.04. The van der Waals surface area contributed by atoms with Crippen LogP contribution in [-0.2, 0) is 16.6 Å². The fourth-order valence-corrected chi connectivity index (χ4v) is 3.82. The first kappa shape index (κ1) is 17.2. The summed E-state index contributed by atoms with van der Waals surface area (Å²) in [6, 6.07) is 0. The molecule has 1 aliphatic heterocycles. The second-order valence-electron chi connectivity index (χ2n) is 7.49. The van der Waals surface area contributed by atoms with Crippen LogP contribution >= 0.6 is 0 Å². The lowest BCUT2D eigenvalue weighted by molar-refractivity contribution is -0.179. The van der Waals surface area contributed by atoms with Gasteiger partial charge in [0.2, 0.25) is 5.91 Å². The van der Waals surface area contributed by atoms with E-state index in [0.717, 1.165) is 18.8 Å². The fourth-order valence-electron chi connectivity index (χ4n) is 3.82. The molecule has 1 aliphatic carbocycles. The maximum atomic E-state index is 13.0. The smallest absolute Gasteiger partial charge is 0.243 e. The molecule has 1 saturated heterocycles. The summed E-state index contributed by atoms with van der Waals surface area (Å²) in [5, 5.41) is 4.21. The van der Waals surface area contributed by atoms with Gasteiger partial charge in [-0.1, -0.05) is 13.8 Å². The van der Waals surface area contributed by atoms with Crippen molar-refractivity contribution in [1.82, 2.24) is 14.7 Å². The fraction of sp³-hybridized carbons (Fsp3) is 0.765. The lowest BCUT2D eigenvalue weighted by Gasteiger charge is -2.59. The van der Waals surface area contributed by atoms with Crippen LogP contribution in [0.1, 0.15) is 27.2 Å². The Morgan fingerprint density at radius 3 is 2.54 bits per heavy atom. The van der Waals surface area contributed by atoms with Crippen molar-refractivity contribution < 1.29 is 9.53 Å². The molecule has 7 heteroatoms. The maximum absolute atomic E-state index is 13.0. The highest BCUT2D eigenvalue weighted by Gasteiger charge is 2.63. The van der Waals surface area contributed by atoms with Crippen LogP contribution in [0, 0.1) is 5.41 Å². The minimum atomic E-state index is -0.816. The summed E-state index contributed by atoms with van der Waals surface area (Å²) in [5.74, 6) is 0.0642. The van der Waals surface area contributed by atoms with E-state index in [4.69, 9.17) is 10.5 Å². The largest absolute Gasteiger partial charge is 0.378 e. The Morgan fingerprint density at radius 2 is 2.04 bits per heavy atom. The number of carbonyl (C=O) groups excluding carboxylic acids is 1. The lowest BCUT2D eigenvalue weighted by atomic mass is 9.54. The van der Waals surface area contributed by atoms with Crippen molar-refractivity contribution >= 4 is 11.6 Å². The van der Waals surface area contributed by atoms with E-state index in [1.807, 2.05) is 45.1 Å². The minimum Gasteiger partial charge on any atom is -0.378 e. The second-order valence-corrected chi connectivity index (χ2v) is 7.49. The molecule has 2 fully saturated rings. The molecule has 1 amide bonds. The topological polar surface area (TPSA) is 76.6 Å². The van der Waals surface area contributed by atoms with E-state index < -0.39 is 5.54 Å². The Hall–Kier alpha value is -1.60. The molecular weight excluding hydrogens is 306 g/mol. The first-order valence-electron chi connectivity index (χ1n) is 8.73. The number of ether oxygens (including phenoxy) is 1. The van der Waals surface area contributed by atoms with Crippen LogP contribution in [0.3, 0.4) is 0 Å². The third-order valence-electron chi connectivity index (χ3n) is 5.83. The summed E-state index contributed by atoms with van der Waals surface area (Å²) in [4.78, 5) is 17.2. The van der Waals surface area contributed by atoms with Crippen LogP contribution in [0.5, 0.6) is 0 Å². The molecule has 24 heavy (non-hydrogen) atoms. The van der Waals surface area contributed by atoms with Crippen LogP contribution in [0.2, 0.25) is 0 Å². The summed E-state index contributed by atoms with van der Waals surface area (Å²) < 4.78 is 7.53. The van der Waals surface area contributed by atoms with Crippen molar-refractivity contribution in [3.8, 4) is 0 Å². The molecular formula is C17H29N5O2. The zero-order valence-corrected chi connectivity index (χ0v) is 15.2. The SMILES string of the molecule is CCOC1CC(N)(C(=O)N2CCN(c3cnn(C)c3)CC2)C1(C)C. The van der Waals surface area contributed by atoms with E-state index in [0.29, 0.717) is 26.1 Å². The van der Waals surface area contributed by atoms with Crippen LogP contribution in [0.25, 0.3) is 0 Å². The molecule has 2 aliphatic rings. The Kier molecular flexibility index (Phi) is 4.34. The van der Waals surface area contributed by atoms with E-state index >= 15 is 0 Å². The molecule has 0 spiro atoms. The van der Waals surface area contributed by atoms with Crippen molar-refractivity contribution in [1.29, 1.82) is 0 Å². The van der Waals surface area contributed by atoms with E-state index in [-0.39, 0.29) is 17.4 Å². The number of carbonyl (C=O) groups is 1. The van der Waals surface area contributed by atoms with E-state index in [1.165, 1.54) is 0 Å². The zero-order chi connectivity index (χ0) is 17.5. The predicted molar refractivity (Wildman–Crippen MR) is 92.7 cm³/mol. The number of anilines is 1. The van der Waals surface area contributed by atoms with Crippen molar-refractivity contribution in [2.24, 2.45) is 18.2 Å². The Labute approximate surface area is 143 Å². The lowest BCUT2D eigenvalue weighted by Crippen LogP contribution is -2.76. The van der Waals surface area contributed by atoms with Gasteiger partial charge in [0.15, 0.2) is 0 Å². The standard InChI is InChI=1S/C17H29N5O2/c1-5-24-14-10-17(18,16(14,2)3)15(23)22-8-6-21(7-9-22)13-11-19-20(4)12-13/h11-12,14H,5-10,18H2,1-4H3. The van der Waals surface area contributed by atoms with Crippen molar-refractivity contribution in [3.05, 3.63) is 12.4 Å². The molecule has 1 aromatic rings. The number of aromatic nitrogens is 2. The molecule has 2 atom stereocenters. The van der Waals surface area contributed by atoms with E-state index in [9.17, 15) is 4.79 Å².